The van der Waals surface area contributed by atoms with Crippen LogP contribution < -0.4 is 4.74 Å². The molecule has 0 aliphatic rings. The van der Waals surface area contributed by atoms with Gasteiger partial charge >= 0.3 is 11.9 Å². The van der Waals surface area contributed by atoms with Crippen molar-refractivity contribution >= 4 is 11.9 Å². The molecule has 0 amide bonds. The second kappa shape index (κ2) is 10.0. The number of methoxy groups -OCH3 is 2. The topological polar surface area (TPSA) is 79.7 Å². The second-order valence-corrected chi connectivity index (χ2v) is 6.77. The largest absolute Gasteiger partial charge is 0.488 e. The van der Waals surface area contributed by atoms with E-state index in [1.807, 2.05) is 6.92 Å². The first-order chi connectivity index (χ1) is 15.4. The van der Waals surface area contributed by atoms with Crippen LogP contribution in [0.25, 0.3) is 16.9 Å². The van der Waals surface area contributed by atoms with Gasteiger partial charge in [0, 0.05) is 5.56 Å². The van der Waals surface area contributed by atoms with Crippen LogP contribution in [0.1, 0.15) is 40.6 Å². The van der Waals surface area contributed by atoms with E-state index in [0.29, 0.717) is 12.1 Å². The number of para-hydroxylation sites is 1. The molecule has 32 heavy (non-hydrogen) atoms. The molecule has 1 aromatic heterocycles. The average Bonchev–Trinajstić information content (AvgIpc) is 3.21. The molecule has 0 fully saturated rings. The maximum absolute atomic E-state index is 14.7. The monoisotopic (exact) mass is 444 g/mol. The number of aromatic nitrogens is 2. The SMILES string of the molecule is CCCCOc1c(F)cc(-c2nn(-c3ccccc3)c(C(=O)OC)c2C(=O)OC)cc1F. The smallest absolute Gasteiger partial charge is 0.357 e. The van der Waals surface area contributed by atoms with Crippen molar-refractivity contribution in [3.63, 3.8) is 0 Å². The van der Waals surface area contributed by atoms with Gasteiger partial charge in [-0.1, -0.05) is 31.5 Å². The Kier molecular flexibility index (Phi) is 7.19. The van der Waals surface area contributed by atoms with E-state index in [4.69, 9.17) is 14.2 Å². The van der Waals surface area contributed by atoms with Crippen molar-refractivity contribution in [2.75, 3.05) is 20.8 Å². The predicted molar refractivity (Wildman–Crippen MR) is 112 cm³/mol. The number of ether oxygens (including phenoxy) is 3. The highest BCUT2D eigenvalue weighted by Gasteiger charge is 2.32. The molecule has 1 heterocycles. The lowest BCUT2D eigenvalue weighted by Crippen LogP contribution is -2.15. The molecule has 0 saturated heterocycles. The van der Waals surface area contributed by atoms with Crippen molar-refractivity contribution in [2.45, 2.75) is 19.8 Å². The molecule has 9 heteroatoms. The minimum atomic E-state index is -0.958. The number of carbonyl (C=O) groups is 2. The number of benzene rings is 2. The van der Waals surface area contributed by atoms with E-state index in [0.717, 1.165) is 32.8 Å². The summed E-state index contributed by atoms with van der Waals surface area (Å²) in [6.07, 6.45) is 1.44. The highest BCUT2D eigenvalue weighted by atomic mass is 19.1. The maximum atomic E-state index is 14.7. The van der Waals surface area contributed by atoms with Gasteiger partial charge in [0.2, 0.25) is 0 Å². The van der Waals surface area contributed by atoms with E-state index in [-0.39, 0.29) is 29.1 Å². The average molecular weight is 444 g/mol. The Hall–Kier alpha value is -3.75. The Morgan fingerprint density at radius 2 is 1.62 bits per heavy atom. The molecule has 0 aliphatic carbocycles. The van der Waals surface area contributed by atoms with Crippen molar-refractivity contribution in [3.05, 3.63) is 65.4 Å². The van der Waals surface area contributed by atoms with E-state index in [1.165, 1.54) is 4.68 Å². The first-order valence-electron chi connectivity index (χ1n) is 9.90. The van der Waals surface area contributed by atoms with E-state index in [2.05, 4.69) is 5.10 Å². The van der Waals surface area contributed by atoms with E-state index in [9.17, 15) is 18.4 Å². The third-order valence-electron chi connectivity index (χ3n) is 4.67. The zero-order valence-electron chi connectivity index (χ0n) is 17.9. The number of halogens is 2. The minimum Gasteiger partial charge on any atom is -0.488 e. The van der Waals surface area contributed by atoms with Crippen molar-refractivity contribution < 1.29 is 32.6 Å². The normalized spacial score (nSPS) is 10.7. The number of esters is 2. The summed E-state index contributed by atoms with van der Waals surface area (Å²) < 4.78 is 45.4. The fourth-order valence-corrected chi connectivity index (χ4v) is 3.11. The lowest BCUT2D eigenvalue weighted by Gasteiger charge is -2.10. The number of unbranched alkanes of at least 4 members (excludes halogenated alkanes) is 1. The van der Waals surface area contributed by atoms with E-state index >= 15 is 0 Å². The van der Waals surface area contributed by atoms with Gasteiger partial charge in [-0.25, -0.2) is 23.1 Å². The highest BCUT2D eigenvalue weighted by Crippen LogP contribution is 2.33. The number of carbonyl (C=O) groups excluding carboxylic acids is 2. The van der Waals surface area contributed by atoms with Crippen LogP contribution in [0.15, 0.2) is 42.5 Å². The Labute approximate surface area is 183 Å². The second-order valence-electron chi connectivity index (χ2n) is 6.77. The fourth-order valence-electron chi connectivity index (χ4n) is 3.11. The molecule has 3 aromatic rings. The molecular formula is C23H22F2N2O5. The van der Waals surface area contributed by atoms with Gasteiger partial charge in [-0.2, -0.15) is 5.10 Å². The third kappa shape index (κ3) is 4.46. The van der Waals surface area contributed by atoms with Crippen molar-refractivity contribution in [2.24, 2.45) is 0 Å². The number of rotatable bonds is 8. The Bertz CT molecular complexity index is 1110. The number of hydrogen-bond donors (Lipinski definition) is 0. The van der Waals surface area contributed by atoms with Crippen LogP contribution in [-0.2, 0) is 9.47 Å². The Morgan fingerprint density at radius 3 is 2.19 bits per heavy atom. The van der Waals surface area contributed by atoms with Gasteiger partial charge in [-0.3, -0.25) is 0 Å². The van der Waals surface area contributed by atoms with Crippen LogP contribution in [0.2, 0.25) is 0 Å². The van der Waals surface area contributed by atoms with Gasteiger partial charge in [0.1, 0.15) is 11.3 Å². The van der Waals surface area contributed by atoms with Gasteiger partial charge in [0.15, 0.2) is 23.1 Å². The summed E-state index contributed by atoms with van der Waals surface area (Å²) in [5.41, 5.74) is -0.279. The van der Waals surface area contributed by atoms with E-state index in [1.54, 1.807) is 30.3 Å². The molecule has 3 rings (SSSR count). The summed E-state index contributed by atoms with van der Waals surface area (Å²) >= 11 is 0. The Morgan fingerprint density at radius 1 is 1.00 bits per heavy atom. The molecule has 0 spiro atoms. The number of hydrogen-bond acceptors (Lipinski definition) is 6. The summed E-state index contributed by atoms with van der Waals surface area (Å²) in [5, 5.41) is 4.32. The zero-order valence-corrected chi connectivity index (χ0v) is 17.9. The van der Waals surface area contributed by atoms with Crippen LogP contribution in [0, 0.1) is 11.6 Å². The van der Waals surface area contributed by atoms with Crippen LogP contribution in [0.5, 0.6) is 5.75 Å². The molecule has 7 nitrogen and oxygen atoms in total. The van der Waals surface area contributed by atoms with Gasteiger partial charge in [0.25, 0.3) is 0 Å². The summed E-state index contributed by atoms with van der Waals surface area (Å²) in [5.74, 6) is -4.21. The molecule has 0 saturated carbocycles. The quantitative estimate of drug-likeness (QED) is 0.374. The summed E-state index contributed by atoms with van der Waals surface area (Å²) in [6, 6.07) is 10.5. The van der Waals surface area contributed by atoms with Crippen molar-refractivity contribution in [1.29, 1.82) is 0 Å². The maximum Gasteiger partial charge on any atom is 0.357 e. The minimum absolute atomic E-state index is 0.0666. The van der Waals surface area contributed by atoms with E-state index < -0.39 is 29.3 Å². The molecule has 0 aliphatic heterocycles. The number of nitrogens with zero attached hydrogens (tertiary/aromatic N) is 2. The van der Waals surface area contributed by atoms with Gasteiger partial charge < -0.3 is 14.2 Å². The first-order valence-corrected chi connectivity index (χ1v) is 9.90. The van der Waals surface area contributed by atoms with Gasteiger partial charge in [-0.05, 0) is 30.7 Å². The molecular weight excluding hydrogens is 422 g/mol. The summed E-state index contributed by atoms with van der Waals surface area (Å²) in [4.78, 5) is 25.2. The lowest BCUT2D eigenvalue weighted by atomic mass is 10.0. The summed E-state index contributed by atoms with van der Waals surface area (Å²) in [7, 11) is 2.27. The standard InChI is InChI=1S/C23H22F2N2O5/c1-4-5-11-32-21-16(24)12-14(13-17(21)25)19-18(22(28)30-2)20(23(29)31-3)27(26-19)15-9-7-6-8-10-15/h6-10,12-13H,4-5,11H2,1-3H3. The van der Waals surface area contributed by atoms with Crippen LogP contribution in [-0.4, -0.2) is 42.5 Å². The fraction of sp³-hybridized carbons (Fsp3) is 0.261. The van der Waals surface area contributed by atoms with Crippen LogP contribution in [0.3, 0.4) is 0 Å². The van der Waals surface area contributed by atoms with Gasteiger partial charge in [0.05, 0.1) is 26.5 Å². The zero-order chi connectivity index (χ0) is 23.3. The predicted octanol–water partition coefficient (Wildman–Crippen LogP) is 4.57. The highest BCUT2D eigenvalue weighted by molar-refractivity contribution is 6.06. The molecule has 168 valence electrons. The lowest BCUT2D eigenvalue weighted by molar-refractivity contribution is 0.0549. The molecule has 0 N–H and O–H groups in total. The molecule has 2 aromatic carbocycles. The molecule has 0 bridgehead atoms. The molecule has 0 radical (unpaired) electrons. The first kappa shape index (κ1) is 22.9. The van der Waals surface area contributed by atoms with Crippen molar-refractivity contribution in [1.82, 2.24) is 9.78 Å². The van der Waals surface area contributed by atoms with Crippen molar-refractivity contribution in [3.8, 4) is 22.7 Å². The molecule has 0 unspecified atom stereocenters. The van der Waals surface area contributed by atoms with Crippen LogP contribution >= 0.6 is 0 Å². The summed E-state index contributed by atoms with van der Waals surface area (Å²) in [6.45, 7) is 2.09. The van der Waals surface area contributed by atoms with Gasteiger partial charge in [-0.15, -0.1) is 0 Å². The Balaban J connectivity index is 2.23. The molecule has 0 atom stereocenters. The third-order valence-corrected chi connectivity index (χ3v) is 4.67. The van der Waals surface area contributed by atoms with Crippen LogP contribution in [0.4, 0.5) is 8.78 Å².